The van der Waals surface area contributed by atoms with Crippen molar-refractivity contribution in [3.63, 3.8) is 0 Å². The summed E-state index contributed by atoms with van der Waals surface area (Å²) < 4.78 is 10.2. The second-order valence-corrected chi connectivity index (χ2v) is 6.69. The molecule has 1 amide bonds. The zero-order valence-corrected chi connectivity index (χ0v) is 14.3. The number of nitrogens with zero attached hydrogens (tertiary/aromatic N) is 2. The normalized spacial score (nSPS) is 20.1. The highest BCUT2D eigenvalue weighted by Gasteiger charge is 2.28. The van der Waals surface area contributed by atoms with E-state index in [2.05, 4.69) is 9.64 Å². The molecule has 1 aromatic heterocycles. The predicted octanol–water partition coefficient (Wildman–Crippen LogP) is 2.29. The molecule has 0 atom stereocenters. The fraction of sp³-hybridized carbons (Fsp3) is 0.667. The molecule has 6 heteroatoms. The zero-order chi connectivity index (χ0) is 16.9. The summed E-state index contributed by atoms with van der Waals surface area (Å²) >= 11 is 0. The van der Waals surface area contributed by atoms with E-state index in [4.69, 9.17) is 4.42 Å². The predicted molar refractivity (Wildman–Crippen MR) is 88.5 cm³/mol. The molecule has 1 aliphatic carbocycles. The molecule has 1 aliphatic heterocycles. The Morgan fingerprint density at radius 3 is 2.50 bits per heavy atom. The van der Waals surface area contributed by atoms with Crippen LogP contribution in [0.1, 0.15) is 48.4 Å². The van der Waals surface area contributed by atoms with Crippen LogP contribution in [0.5, 0.6) is 0 Å². The first-order chi connectivity index (χ1) is 11.7. The van der Waals surface area contributed by atoms with Crippen molar-refractivity contribution in [1.29, 1.82) is 0 Å². The summed E-state index contributed by atoms with van der Waals surface area (Å²) in [7, 11) is 1.34. The molecule has 0 N–H and O–H groups in total. The first kappa shape index (κ1) is 17.0. The SMILES string of the molecule is COC(=O)c1ccc(CN2CCN(C(=O)C3CCCCC3)CC2)o1. The van der Waals surface area contributed by atoms with Crippen LogP contribution in [0.15, 0.2) is 16.5 Å². The fourth-order valence-electron chi connectivity index (χ4n) is 3.63. The Bertz CT molecular complexity index is 569. The first-order valence-electron chi connectivity index (χ1n) is 8.85. The summed E-state index contributed by atoms with van der Waals surface area (Å²) in [4.78, 5) is 28.3. The number of methoxy groups -OCH3 is 1. The van der Waals surface area contributed by atoms with Gasteiger partial charge >= 0.3 is 5.97 Å². The van der Waals surface area contributed by atoms with Gasteiger partial charge in [-0.2, -0.15) is 0 Å². The number of furan rings is 1. The molecule has 132 valence electrons. The van der Waals surface area contributed by atoms with Gasteiger partial charge in [0.25, 0.3) is 0 Å². The van der Waals surface area contributed by atoms with Crippen molar-refractivity contribution in [2.75, 3.05) is 33.3 Å². The van der Waals surface area contributed by atoms with Gasteiger partial charge in [0.2, 0.25) is 11.7 Å². The number of piperazine rings is 1. The van der Waals surface area contributed by atoms with Crippen LogP contribution in [0, 0.1) is 5.92 Å². The quantitative estimate of drug-likeness (QED) is 0.791. The van der Waals surface area contributed by atoms with Gasteiger partial charge in [0, 0.05) is 32.1 Å². The largest absolute Gasteiger partial charge is 0.463 e. The summed E-state index contributed by atoms with van der Waals surface area (Å²) in [6.07, 6.45) is 5.77. The van der Waals surface area contributed by atoms with E-state index in [0.717, 1.165) is 44.8 Å². The Balaban J connectivity index is 1.47. The van der Waals surface area contributed by atoms with Crippen molar-refractivity contribution < 1.29 is 18.7 Å². The fourth-order valence-corrected chi connectivity index (χ4v) is 3.63. The number of hydrogen-bond acceptors (Lipinski definition) is 5. The zero-order valence-electron chi connectivity index (χ0n) is 14.3. The van der Waals surface area contributed by atoms with E-state index in [1.165, 1.54) is 26.4 Å². The maximum Gasteiger partial charge on any atom is 0.373 e. The molecular formula is C18H26N2O4. The lowest BCUT2D eigenvalue weighted by atomic mass is 9.88. The molecule has 1 saturated heterocycles. The second-order valence-electron chi connectivity index (χ2n) is 6.69. The van der Waals surface area contributed by atoms with Gasteiger partial charge < -0.3 is 14.1 Å². The summed E-state index contributed by atoms with van der Waals surface area (Å²) in [5, 5.41) is 0. The highest BCUT2D eigenvalue weighted by atomic mass is 16.5. The number of amides is 1. The third-order valence-electron chi connectivity index (χ3n) is 5.07. The maximum absolute atomic E-state index is 12.6. The van der Waals surface area contributed by atoms with Gasteiger partial charge in [0.1, 0.15) is 5.76 Å². The lowest BCUT2D eigenvalue weighted by Crippen LogP contribution is -2.50. The van der Waals surface area contributed by atoms with Crippen LogP contribution in [-0.4, -0.2) is 55.0 Å². The molecule has 2 heterocycles. The van der Waals surface area contributed by atoms with Crippen LogP contribution < -0.4 is 0 Å². The van der Waals surface area contributed by atoms with Crippen molar-refractivity contribution in [3.8, 4) is 0 Å². The van der Waals surface area contributed by atoms with Gasteiger partial charge in [-0.3, -0.25) is 9.69 Å². The summed E-state index contributed by atoms with van der Waals surface area (Å²) in [5.74, 6) is 1.13. The Labute approximate surface area is 142 Å². The molecule has 0 bridgehead atoms. The van der Waals surface area contributed by atoms with E-state index in [1.54, 1.807) is 6.07 Å². The van der Waals surface area contributed by atoms with E-state index < -0.39 is 5.97 Å². The third-order valence-corrected chi connectivity index (χ3v) is 5.07. The van der Waals surface area contributed by atoms with Gasteiger partial charge in [0.05, 0.1) is 13.7 Å². The second kappa shape index (κ2) is 7.83. The van der Waals surface area contributed by atoms with E-state index in [0.29, 0.717) is 12.5 Å². The van der Waals surface area contributed by atoms with Gasteiger partial charge in [-0.15, -0.1) is 0 Å². The Morgan fingerprint density at radius 2 is 1.83 bits per heavy atom. The Kier molecular flexibility index (Phi) is 5.56. The minimum absolute atomic E-state index is 0.235. The third kappa shape index (κ3) is 3.98. The molecule has 24 heavy (non-hydrogen) atoms. The minimum atomic E-state index is -0.454. The van der Waals surface area contributed by atoms with Crippen molar-refractivity contribution >= 4 is 11.9 Å². The average Bonchev–Trinajstić information content (AvgIpc) is 3.10. The van der Waals surface area contributed by atoms with Crippen LogP contribution in [-0.2, 0) is 16.1 Å². The molecular weight excluding hydrogens is 308 g/mol. The van der Waals surface area contributed by atoms with E-state index in [9.17, 15) is 9.59 Å². The average molecular weight is 334 g/mol. The highest BCUT2D eigenvalue weighted by molar-refractivity contribution is 5.86. The molecule has 3 rings (SSSR count). The van der Waals surface area contributed by atoms with Gasteiger partial charge in [-0.25, -0.2) is 4.79 Å². The molecule has 2 fully saturated rings. The van der Waals surface area contributed by atoms with Gasteiger partial charge in [-0.05, 0) is 25.0 Å². The molecule has 1 aromatic rings. The molecule has 1 saturated carbocycles. The minimum Gasteiger partial charge on any atom is -0.463 e. The lowest BCUT2D eigenvalue weighted by molar-refractivity contribution is -0.138. The molecule has 0 spiro atoms. The molecule has 2 aliphatic rings. The topological polar surface area (TPSA) is 63.0 Å². The van der Waals surface area contributed by atoms with E-state index in [-0.39, 0.29) is 11.7 Å². The number of rotatable bonds is 4. The monoisotopic (exact) mass is 334 g/mol. The van der Waals surface area contributed by atoms with Gasteiger partial charge in [-0.1, -0.05) is 19.3 Å². The van der Waals surface area contributed by atoms with Crippen LogP contribution in [0.3, 0.4) is 0 Å². The molecule has 0 unspecified atom stereocenters. The Morgan fingerprint density at radius 1 is 1.12 bits per heavy atom. The number of ether oxygens (including phenoxy) is 1. The number of hydrogen-bond donors (Lipinski definition) is 0. The summed E-state index contributed by atoms with van der Waals surface area (Å²) in [5.41, 5.74) is 0. The number of esters is 1. The van der Waals surface area contributed by atoms with Crippen molar-refractivity contribution in [2.45, 2.75) is 38.6 Å². The van der Waals surface area contributed by atoms with Crippen LogP contribution in [0.25, 0.3) is 0 Å². The summed E-state index contributed by atoms with van der Waals surface area (Å²) in [6.45, 7) is 3.89. The molecule has 0 radical (unpaired) electrons. The standard InChI is InChI=1S/C18H26N2O4/c1-23-18(22)16-8-7-15(24-16)13-19-9-11-20(12-10-19)17(21)14-5-3-2-4-6-14/h7-8,14H,2-6,9-13H2,1H3. The van der Waals surface area contributed by atoms with Crippen molar-refractivity contribution in [3.05, 3.63) is 23.7 Å². The van der Waals surface area contributed by atoms with Crippen LogP contribution in [0.2, 0.25) is 0 Å². The first-order valence-corrected chi connectivity index (χ1v) is 8.85. The Hall–Kier alpha value is -1.82. The lowest BCUT2D eigenvalue weighted by Gasteiger charge is -2.36. The van der Waals surface area contributed by atoms with Crippen LogP contribution >= 0.6 is 0 Å². The van der Waals surface area contributed by atoms with E-state index in [1.807, 2.05) is 11.0 Å². The smallest absolute Gasteiger partial charge is 0.373 e. The van der Waals surface area contributed by atoms with E-state index >= 15 is 0 Å². The number of carbonyl (C=O) groups excluding carboxylic acids is 2. The van der Waals surface area contributed by atoms with Crippen LogP contribution in [0.4, 0.5) is 0 Å². The highest BCUT2D eigenvalue weighted by Crippen LogP contribution is 2.26. The maximum atomic E-state index is 12.6. The molecule has 0 aromatic carbocycles. The van der Waals surface area contributed by atoms with Crippen molar-refractivity contribution in [2.24, 2.45) is 5.92 Å². The van der Waals surface area contributed by atoms with Gasteiger partial charge in [0.15, 0.2) is 0 Å². The molecule has 6 nitrogen and oxygen atoms in total. The number of carbonyl (C=O) groups is 2. The van der Waals surface area contributed by atoms with Crippen molar-refractivity contribution in [1.82, 2.24) is 9.80 Å². The summed E-state index contributed by atoms with van der Waals surface area (Å²) in [6, 6.07) is 3.45.